The van der Waals surface area contributed by atoms with E-state index in [0.29, 0.717) is 12.3 Å². The minimum atomic E-state index is -0.242. The summed E-state index contributed by atoms with van der Waals surface area (Å²) in [4.78, 5) is 12.8. The lowest BCUT2D eigenvalue weighted by molar-refractivity contribution is 0.0882. The number of carbonyl (C=O) groups is 1. The van der Waals surface area contributed by atoms with Crippen molar-refractivity contribution < 1.29 is 9.53 Å². The Balaban J connectivity index is 1.85. The summed E-state index contributed by atoms with van der Waals surface area (Å²) >= 11 is 0. The number of aromatic nitrogens is 4. The summed E-state index contributed by atoms with van der Waals surface area (Å²) in [5, 5.41) is 11.8. The zero-order valence-corrected chi connectivity index (χ0v) is 13.9. The van der Waals surface area contributed by atoms with Crippen LogP contribution in [0.1, 0.15) is 46.3 Å². The first-order valence-corrected chi connectivity index (χ1v) is 7.94. The topological polar surface area (TPSA) is 74.0 Å². The van der Waals surface area contributed by atoms with Gasteiger partial charge in [-0.25, -0.2) is 0 Å². The largest absolute Gasteiger partial charge is 0.382 e. The molecule has 0 aromatic carbocycles. The maximum Gasteiger partial charge on any atom is 0.270 e. The highest BCUT2D eigenvalue weighted by Gasteiger charge is 2.26. The lowest BCUT2D eigenvalue weighted by Gasteiger charge is -2.19. The van der Waals surface area contributed by atoms with E-state index in [4.69, 9.17) is 4.74 Å². The molecular weight excluding hydrogens is 294 g/mol. The molecule has 1 amide bonds. The van der Waals surface area contributed by atoms with E-state index in [1.807, 2.05) is 20.2 Å². The summed E-state index contributed by atoms with van der Waals surface area (Å²) in [6.07, 6.45) is 5.86. The van der Waals surface area contributed by atoms with E-state index in [-0.39, 0.29) is 11.9 Å². The average Bonchev–Trinajstić information content (AvgIpc) is 3.09. The van der Waals surface area contributed by atoms with Crippen LogP contribution in [-0.4, -0.2) is 39.2 Å². The fraction of sp³-hybridized carbons (Fsp3) is 0.562. The molecule has 0 saturated heterocycles. The van der Waals surface area contributed by atoms with Crippen LogP contribution in [0.3, 0.4) is 0 Å². The number of hydrogen-bond acceptors (Lipinski definition) is 4. The molecule has 1 N–H and O–H groups in total. The summed E-state index contributed by atoms with van der Waals surface area (Å²) in [6.45, 7) is 0.394. The Morgan fingerprint density at radius 3 is 2.83 bits per heavy atom. The number of aryl methyl sites for hydroxylation is 3. The fourth-order valence-corrected chi connectivity index (χ4v) is 3.29. The molecule has 0 radical (unpaired) electrons. The molecule has 1 aliphatic carbocycles. The summed E-state index contributed by atoms with van der Waals surface area (Å²) in [5.74, 6) is -0.105. The van der Waals surface area contributed by atoms with E-state index in [1.165, 1.54) is 0 Å². The summed E-state index contributed by atoms with van der Waals surface area (Å²) in [7, 11) is 5.32. The van der Waals surface area contributed by atoms with Crippen LogP contribution in [0.4, 0.5) is 0 Å². The predicted molar refractivity (Wildman–Crippen MR) is 85.1 cm³/mol. The Labute approximate surface area is 135 Å². The van der Waals surface area contributed by atoms with E-state index < -0.39 is 0 Å². The predicted octanol–water partition coefficient (Wildman–Crippen LogP) is 1.15. The second-order valence-electron chi connectivity index (χ2n) is 5.97. The third kappa shape index (κ3) is 3.01. The van der Waals surface area contributed by atoms with Gasteiger partial charge in [0.25, 0.3) is 5.91 Å². The molecule has 0 saturated carbocycles. The van der Waals surface area contributed by atoms with Gasteiger partial charge in [-0.1, -0.05) is 0 Å². The molecule has 3 rings (SSSR count). The van der Waals surface area contributed by atoms with Crippen molar-refractivity contribution in [3.63, 3.8) is 0 Å². The minimum Gasteiger partial charge on any atom is -0.382 e. The van der Waals surface area contributed by atoms with E-state index in [1.54, 1.807) is 22.7 Å². The quantitative estimate of drug-likeness (QED) is 0.898. The van der Waals surface area contributed by atoms with Gasteiger partial charge in [0.2, 0.25) is 0 Å². The Hall–Kier alpha value is -2.15. The summed E-state index contributed by atoms with van der Waals surface area (Å²) in [5.41, 5.74) is 3.74. The first kappa shape index (κ1) is 15.7. The summed E-state index contributed by atoms with van der Waals surface area (Å²) in [6, 6.07) is 1.65. The second-order valence-corrected chi connectivity index (χ2v) is 5.97. The average molecular weight is 317 g/mol. The molecule has 0 bridgehead atoms. The normalized spacial score (nSPS) is 15.3. The zero-order valence-electron chi connectivity index (χ0n) is 13.9. The van der Waals surface area contributed by atoms with Crippen molar-refractivity contribution in [3.05, 3.63) is 34.9 Å². The van der Waals surface area contributed by atoms with Crippen molar-refractivity contribution in [1.29, 1.82) is 0 Å². The highest BCUT2D eigenvalue weighted by Crippen LogP contribution is 2.24. The molecular formula is C16H23N5O2. The van der Waals surface area contributed by atoms with Gasteiger partial charge in [-0.15, -0.1) is 0 Å². The number of rotatable bonds is 5. The summed E-state index contributed by atoms with van der Waals surface area (Å²) < 4.78 is 8.73. The van der Waals surface area contributed by atoms with Crippen LogP contribution in [0.2, 0.25) is 0 Å². The van der Waals surface area contributed by atoms with Gasteiger partial charge in [0, 0.05) is 33.0 Å². The fourth-order valence-electron chi connectivity index (χ4n) is 3.29. The van der Waals surface area contributed by atoms with Gasteiger partial charge in [-0.3, -0.25) is 14.2 Å². The smallest absolute Gasteiger partial charge is 0.270 e. The molecule has 0 unspecified atom stereocenters. The number of ether oxygens (including phenoxy) is 1. The van der Waals surface area contributed by atoms with Crippen LogP contribution in [0.5, 0.6) is 0 Å². The van der Waals surface area contributed by atoms with Gasteiger partial charge in [0.15, 0.2) is 0 Å². The van der Waals surface area contributed by atoms with Gasteiger partial charge >= 0.3 is 0 Å². The van der Waals surface area contributed by atoms with Crippen molar-refractivity contribution in [2.75, 3.05) is 13.7 Å². The minimum absolute atomic E-state index is 0.105. The monoisotopic (exact) mass is 317 g/mol. The highest BCUT2D eigenvalue weighted by atomic mass is 16.5. The molecule has 2 aromatic heterocycles. The van der Waals surface area contributed by atoms with E-state index >= 15 is 0 Å². The third-order valence-corrected chi connectivity index (χ3v) is 4.39. The number of nitrogens with one attached hydrogen (secondary N) is 1. The van der Waals surface area contributed by atoms with Gasteiger partial charge < -0.3 is 10.1 Å². The standard InChI is InChI=1S/C16H23N5O2/c1-20-14(8-9-17-20)13(10-23-3)18-16(22)15-11-6-4-5-7-12(11)19-21(15)2/h8-9,13H,4-7,10H2,1-3H3,(H,18,22)/t13-/m1/s1. The van der Waals surface area contributed by atoms with E-state index in [0.717, 1.165) is 42.6 Å². The number of amides is 1. The number of fused-ring (bicyclic) bond motifs is 1. The molecule has 7 heteroatoms. The van der Waals surface area contributed by atoms with E-state index in [9.17, 15) is 4.79 Å². The van der Waals surface area contributed by atoms with Crippen molar-refractivity contribution >= 4 is 5.91 Å². The Morgan fingerprint density at radius 1 is 1.35 bits per heavy atom. The van der Waals surface area contributed by atoms with Gasteiger partial charge in [0.05, 0.1) is 24.0 Å². The first-order chi connectivity index (χ1) is 11.1. The maximum absolute atomic E-state index is 12.8. The van der Waals surface area contributed by atoms with Crippen molar-refractivity contribution in [2.24, 2.45) is 14.1 Å². The van der Waals surface area contributed by atoms with E-state index in [2.05, 4.69) is 15.5 Å². The third-order valence-electron chi connectivity index (χ3n) is 4.39. The van der Waals surface area contributed by atoms with Crippen LogP contribution >= 0.6 is 0 Å². The van der Waals surface area contributed by atoms with Crippen molar-refractivity contribution in [1.82, 2.24) is 24.9 Å². The molecule has 0 spiro atoms. The van der Waals surface area contributed by atoms with Gasteiger partial charge in [-0.05, 0) is 31.7 Å². The lowest BCUT2D eigenvalue weighted by atomic mass is 9.95. The molecule has 7 nitrogen and oxygen atoms in total. The molecule has 2 heterocycles. The number of hydrogen-bond donors (Lipinski definition) is 1. The molecule has 0 fully saturated rings. The second kappa shape index (κ2) is 6.54. The SMILES string of the molecule is COC[C@@H](NC(=O)c1c2c(nn1C)CCCC2)c1ccnn1C. The highest BCUT2D eigenvalue weighted by molar-refractivity contribution is 5.94. The van der Waals surface area contributed by atoms with Crippen LogP contribution in [0.25, 0.3) is 0 Å². The van der Waals surface area contributed by atoms with Crippen LogP contribution < -0.4 is 5.32 Å². The van der Waals surface area contributed by atoms with Crippen LogP contribution in [0.15, 0.2) is 12.3 Å². The number of carbonyl (C=O) groups excluding carboxylic acids is 1. The Morgan fingerprint density at radius 2 is 2.13 bits per heavy atom. The van der Waals surface area contributed by atoms with Gasteiger partial charge in [-0.2, -0.15) is 10.2 Å². The van der Waals surface area contributed by atoms with Crippen molar-refractivity contribution in [2.45, 2.75) is 31.7 Å². The maximum atomic E-state index is 12.8. The first-order valence-electron chi connectivity index (χ1n) is 7.94. The molecule has 124 valence electrons. The lowest BCUT2D eigenvalue weighted by Crippen LogP contribution is -2.34. The molecule has 23 heavy (non-hydrogen) atoms. The number of methoxy groups -OCH3 is 1. The van der Waals surface area contributed by atoms with Crippen LogP contribution in [0, 0.1) is 0 Å². The van der Waals surface area contributed by atoms with Gasteiger partial charge in [0.1, 0.15) is 5.69 Å². The molecule has 0 aliphatic heterocycles. The van der Waals surface area contributed by atoms with Crippen molar-refractivity contribution in [3.8, 4) is 0 Å². The van der Waals surface area contributed by atoms with Crippen LogP contribution in [-0.2, 0) is 31.7 Å². The zero-order chi connectivity index (χ0) is 16.4. The Bertz CT molecular complexity index is 703. The molecule has 1 aliphatic rings. The number of nitrogens with zero attached hydrogens (tertiary/aromatic N) is 4. The molecule has 1 atom stereocenters. The Kier molecular flexibility index (Phi) is 4.47. The molecule has 2 aromatic rings.